The van der Waals surface area contributed by atoms with Crippen molar-refractivity contribution in [3.63, 3.8) is 0 Å². The van der Waals surface area contributed by atoms with Gasteiger partial charge >= 0.3 is 0 Å². The summed E-state index contributed by atoms with van der Waals surface area (Å²) >= 11 is 0. The SMILES string of the molecule is Cc1ccccc1CCC(=O)NCCC1CCNCC1. The Morgan fingerprint density at radius 2 is 2.05 bits per heavy atom. The fraction of sp³-hybridized carbons (Fsp3) is 0.588. The molecule has 0 aromatic heterocycles. The van der Waals surface area contributed by atoms with E-state index in [0.29, 0.717) is 6.42 Å². The number of carbonyl (C=O) groups excluding carboxylic acids is 1. The van der Waals surface area contributed by atoms with Gasteiger partial charge in [0.15, 0.2) is 0 Å². The Bertz CT molecular complexity index is 425. The van der Waals surface area contributed by atoms with Crippen LogP contribution >= 0.6 is 0 Å². The molecule has 1 saturated heterocycles. The largest absolute Gasteiger partial charge is 0.356 e. The molecule has 1 aliphatic heterocycles. The molecule has 1 aromatic carbocycles. The first kappa shape index (κ1) is 15.0. The second-order valence-electron chi connectivity index (χ2n) is 5.76. The van der Waals surface area contributed by atoms with Crippen LogP contribution in [0, 0.1) is 12.8 Å². The van der Waals surface area contributed by atoms with E-state index in [2.05, 4.69) is 29.7 Å². The molecule has 2 rings (SSSR count). The van der Waals surface area contributed by atoms with Gasteiger partial charge in [0.2, 0.25) is 5.91 Å². The summed E-state index contributed by atoms with van der Waals surface area (Å²) in [5.74, 6) is 0.968. The molecular formula is C17H26N2O. The Labute approximate surface area is 122 Å². The summed E-state index contributed by atoms with van der Waals surface area (Å²) in [6.07, 6.45) is 5.05. The zero-order valence-corrected chi connectivity index (χ0v) is 12.5. The normalized spacial score (nSPS) is 16.1. The second-order valence-corrected chi connectivity index (χ2v) is 5.76. The van der Waals surface area contributed by atoms with Crippen LogP contribution in [0.2, 0.25) is 0 Å². The van der Waals surface area contributed by atoms with Gasteiger partial charge in [-0.1, -0.05) is 24.3 Å². The fourth-order valence-electron chi connectivity index (χ4n) is 2.81. The summed E-state index contributed by atoms with van der Waals surface area (Å²) in [7, 11) is 0. The summed E-state index contributed by atoms with van der Waals surface area (Å²) in [5.41, 5.74) is 2.55. The lowest BCUT2D eigenvalue weighted by atomic mass is 9.95. The van der Waals surface area contributed by atoms with Gasteiger partial charge in [0.05, 0.1) is 0 Å². The summed E-state index contributed by atoms with van der Waals surface area (Å²) in [6.45, 7) is 5.19. The van der Waals surface area contributed by atoms with Gasteiger partial charge in [0.1, 0.15) is 0 Å². The molecule has 1 fully saturated rings. The van der Waals surface area contributed by atoms with Crippen LogP contribution in [0.25, 0.3) is 0 Å². The van der Waals surface area contributed by atoms with Crippen molar-refractivity contribution in [3.8, 4) is 0 Å². The van der Waals surface area contributed by atoms with Crippen molar-refractivity contribution in [2.45, 2.75) is 39.0 Å². The average Bonchev–Trinajstić information content (AvgIpc) is 2.47. The van der Waals surface area contributed by atoms with Gasteiger partial charge in [-0.15, -0.1) is 0 Å². The Morgan fingerprint density at radius 3 is 2.80 bits per heavy atom. The van der Waals surface area contributed by atoms with E-state index in [9.17, 15) is 4.79 Å². The number of nitrogens with one attached hydrogen (secondary N) is 2. The van der Waals surface area contributed by atoms with Gasteiger partial charge in [-0.25, -0.2) is 0 Å². The standard InChI is InChI=1S/C17H26N2O/c1-14-4-2-3-5-16(14)6-7-17(20)19-13-10-15-8-11-18-12-9-15/h2-5,15,18H,6-13H2,1H3,(H,19,20). The molecule has 1 aliphatic rings. The molecule has 0 saturated carbocycles. The molecule has 3 nitrogen and oxygen atoms in total. The van der Waals surface area contributed by atoms with Crippen LogP contribution in [-0.4, -0.2) is 25.5 Å². The quantitative estimate of drug-likeness (QED) is 0.836. The molecule has 0 radical (unpaired) electrons. The van der Waals surface area contributed by atoms with Crippen molar-refractivity contribution in [3.05, 3.63) is 35.4 Å². The Hall–Kier alpha value is -1.35. The maximum Gasteiger partial charge on any atom is 0.220 e. The van der Waals surface area contributed by atoms with Crippen molar-refractivity contribution in [1.29, 1.82) is 0 Å². The van der Waals surface area contributed by atoms with E-state index in [0.717, 1.165) is 38.4 Å². The lowest BCUT2D eigenvalue weighted by Gasteiger charge is -2.22. The van der Waals surface area contributed by atoms with Crippen LogP contribution in [0.5, 0.6) is 0 Å². The molecule has 1 aromatic rings. The van der Waals surface area contributed by atoms with E-state index in [1.54, 1.807) is 0 Å². The van der Waals surface area contributed by atoms with E-state index in [4.69, 9.17) is 0 Å². The van der Waals surface area contributed by atoms with E-state index >= 15 is 0 Å². The highest BCUT2D eigenvalue weighted by Gasteiger charge is 2.12. The van der Waals surface area contributed by atoms with E-state index in [1.165, 1.54) is 24.0 Å². The van der Waals surface area contributed by atoms with Gasteiger partial charge in [0, 0.05) is 13.0 Å². The number of rotatable bonds is 6. The number of hydrogen-bond acceptors (Lipinski definition) is 2. The highest BCUT2D eigenvalue weighted by molar-refractivity contribution is 5.76. The highest BCUT2D eigenvalue weighted by atomic mass is 16.1. The molecular weight excluding hydrogens is 248 g/mol. The van der Waals surface area contributed by atoms with Crippen molar-refractivity contribution in [2.75, 3.05) is 19.6 Å². The number of aryl methyl sites for hydroxylation is 2. The van der Waals surface area contributed by atoms with Crippen LogP contribution in [0.3, 0.4) is 0 Å². The molecule has 0 unspecified atom stereocenters. The van der Waals surface area contributed by atoms with Crippen molar-refractivity contribution >= 4 is 5.91 Å². The molecule has 0 bridgehead atoms. The van der Waals surface area contributed by atoms with Crippen LogP contribution in [0.1, 0.15) is 36.8 Å². The number of piperidine rings is 1. The lowest BCUT2D eigenvalue weighted by molar-refractivity contribution is -0.121. The van der Waals surface area contributed by atoms with E-state index in [-0.39, 0.29) is 5.91 Å². The molecule has 1 heterocycles. The second kappa shape index (κ2) is 8.05. The van der Waals surface area contributed by atoms with Crippen molar-refractivity contribution in [2.24, 2.45) is 5.92 Å². The topological polar surface area (TPSA) is 41.1 Å². The summed E-state index contributed by atoms with van der Waals surface area (Å²) in [5, 5.41) is 6.43. The van der Waals surface area contributed by atoms with Gasteiger partial charge in [-0.2, -0.15) is 0 Å². The first-order chi connectivity index (χ1) is 9.75. The molecule has 3 heteroatoms. The van der Waals surface area contributed by atoms with Crippen LogP contribution in [-0.2, 0) is 11.2 Å². The van der Waals surface area contributed by atoms with Crippen LogP contribution < -0.4 is 10.6 Å². The van der Waals surface area contributed by atoms with Gasteiger partial charge in [-0.3, -0.25) is 4.79 Å². The first-order valence-electron chi connectivity index (χ1n) is 7.77. The molecule has 0 aliphatic carbocycles. The van der Waals surface area contributed by atoms with Gasteiger partial charge < -0.3 is 10.6 Å². The van der Waals surface area contributed by atoms with Gasteiger partial charge in [0.25, 0.3) is 0 Å². The Balaban J connectivity index is 1.62. The number of hydrogen-bond donors (Lipinski definition) is 2. The zero-order valence-electron chi connectivity index (χ0n) is 12.5. The number of amides is 1. The number of benzene rings is 1. The predicted octanol–water partition coefficient (Wildman–Crippen LogP) is 2.43. The maximum atomic E-state index is 11.8. The zero-order chi connectivity index (χ0) is 14.2. The minimum atomic E-state index is 0.183. The first-order valence-corrected chi connectivity index (χ1v) is 7.77. The predicted molar refractivity (Wildman–Crippen MR) is 82.7 cm³/mol. The molecule has 0 spiro atoms. The van der Waals surface area contributed by atoms with E-state index < -0.39 is 0 Å². The minimum absolute atomic E-state index is 0.183. The van der Waals surface area contributed by atoms with E-state index in [1.807, 2.05) is 12.1 Å². The van der Waals surface area contributed by atoms with Crippen molar-refractivity contribution < 1.29 is 4.79 Å². The smallest absolute Gasteiger partial charge is 0.220 e. The lowest BCUT2D eigenvalue weighted by Crippen LogP contribution is -2.31. The molecule has 2 N–H and O–H groups in total. The Morgan fingerprint density at radius 1 is 1.30 bits per heavy atom. The molecule has 110 valence electrons. The van der Waals surface area contributed by atoms with Crippen molar-refractivity contribution in [1.82, 2.24) is 10.6 Å². The van der Waals surface area contributed by atoms with Gasteiger partial charge in [-0.05, 0) is 62.7 Å². The highest BCUT2D eigenvalue weighted by Crippen LogP contribution is 2.15. The third-order valence-electron chi connectivity index (χ3n) is 4.22. The molecule has 0 atom stereocenters. The average molecular weight is 274 g/mol. The maximum absolute atomic E-state index is 11.8. The summed E-state index contributed by atoms with van der Waals surface area (Å²) in [6, 6.07) is 8.29. The monoisotopic (exact) mass is 274 g/mol. The minimum Gasteiger partial charge on any atom is -0.356 e. The molecule has 1 amide bonds. The third-order valence-corrected chi connectivity index (χ3v) is 4.22. The fourth-order valence-corrected chi connectivity index (χ4v) is 2.81. The summed E-state index contributed by atoms with van der Waals surface area (Å²) < 4.78 is 0. The molecule has 20 heavy (non-hydrogen) atoms. The Kier molecular flexibility index (Phi) is 6.06. The summed E-state index contributed by atoms with van der Waals surface area (Å²) in [4.78, 5) is 11.8. The third kappa shape index (κ3) is 4.97. The number of carbonyl (C=O) groups is 1. The van der Waals surface area contributed by atoms with Crippen LogP contribution in [0.4, 0.5) is 0 Å². The van der Waals surface area contributed by atoms with Crippen LogP contribution in [0.15, 0.2) is 24.3 Å².